The van der Waals surface area contributed by atoms with Crippen LogP contribution in [-0.4, -0.2) is 37.1 Å². The number of allylic oxidation sites excluding steroid dienone is 1. The van der Waals surface area contributed by atoms with Crippen LogP contribution in [0.1, 0.15) is 5.56 Å². The molecule has 0 aliphatic carbocycles. The van der Waals surface area contributed by atoms with E-state index in [1.54, 1.807) is 6.08 Å². The van der Waals surface area contributed by atoms with Crippen LogP contribution < -0.4 is 9.47 Å². The Balaban J connectivity index is 3.29. The molecule has 0 atom stereocenters. The summed E-state index contributed by atoms with van der Waals surface area (Å²) in [6.45, 7) is 3.55. The Labute approximate surface area is 116 Å². The zero-order valence-electron chi connectivity index (χ0n) is 11.6. The molecule has 0 aromatic heterocycles. The molecule has 1 aromatic carbocycles. The van der Waals surface area contributed by atoms with Gasteiger partial charge in [0.05, 0.1) is 18.1 Å². The van der Waals surface area contributed by atoms with Gasteiger partial charge in [0, 0.05) is 19.7 Å². The van der Waals surface area contributed by atoms with Gasteiger partial charge in [-0.15, -0.1) is 6.58 Å². The molecule has 0 spiro atoms. The molecular formula is C13H16N2O5. The summed E-state index contributed by atoms with van der Waals surface area (Å²) in [4.78, 5) is 23.3. The van der Waals surface area contributed by atoms with Crippen LogP contribution in [-0.2, 0) is 6.42 Å². The third-order valence-electron chi connectivity index (χ3n) is 2.49. The molecule has 0 saturated carbocycles. The average molecular weight is 280 g/mol. The van der Waals surface area contributed by atoms with Crippen LogP contribution in [0.5, 0.6) is 11.5 Å². The number of methoxy groups -OCH3 is 1. The highest BCUT2D eigenvalue weighted by Crippen LogP contribution is 2.35. The lowest BCUT2D eigenvalue weighted by atomic mass is 10.1. The zero-order chi connectivity index (χ0) is 15.3. The first-order chi connectivity index (χ1) is 9.40. The molecule has 0 aliphatic heterocycles. The normalized spacial score (nSPS) is 9.75. The van der Waals surface area contributed by atoms with E-state index in [-0.39, 0.29) is 17.2 Å². The predicted octanol–water partition coefficient (Wildman–Crippen LogP) is 2.39. The van der Waals surface area contributed by atoms with Crippen molar-refractivity contribution in [2.75, 3.05) is 21.2 Å². The Hall–Kier alpha value is -2.57. The minimum absolute atomic E-state index is 0.00529. The van der Waals surface area contributed by atoms with Crippen LogP contribution in [0.3, 0.4) is 0 Å². The minimum Gasteiger partial charge on any atom is -0.493 e. The second kappa shape index (κ2) is 6.55. The molecule has 20 heavy (non-hydrogen) atoms. The van der Waals surface area contributed by atoms with Crippen molar-refractivity contribution in [3.05, 3.63) is 40.5 Å². The van der Waals surface area contributed by atoms with Crippen molar-refractivity contribution in [1.82, 2.24) is 4.90 Å². The SMILES string of the molecule is C=CCc1cc(OC)c(OC(=O)N(C)C)cc1[N+](=O)[O-]. The van der Waals surface area contributed by atoms with Crippen molar-refractivity contribution >= 4 is 11.8 Å². The van der Waals surface area contributed by atoms with Crippen molar-refractivity contribution in [2.45, 2.75) is 6.42 Å². The van der Waals surface area contributed by atoms with E-state index in [9.17, 15) is 14.9 Å². The maximum Gasteiger partial charge on any atom is 0.414 e. The number of ether oxygens (including phenoxy) is 2. The molecule has 0 unspecified atom stereocenters. The second-order valence-electron chi connectivity index (χ2n) is 4.14. The van der Waals surface area contributed by atoms with Gasteiger partial charge in [-0.3, -0.25) is 10.1 Å². The maximum atomic E-state index is 11.5. The minimum atomic E-state index is -0.644. The van der Waals surface area contributed by atoms with Gasteiger partial charge in [-0.2, -0.15) is 0 Å². The van der Waals surface area contributed by atoms with Gasteiger partial charge in [0.2, 0.25) is 0 Å². The smallest absolute Gasteiger partial charge is 0.414 e. The summed E-state index contributed by atoms with van der Waals surface area (Å²) in [6, 6.07) is 2.65. The summed E-state index contributed by atoms with van der Waals surface area (Å²) >= 11 is 0. The number of nitro benzene ring substituents is 1. The Morgan fingerprint density at radius 2 is 2.10 bits per heavy atom. The van der Waals surface area contributed by atoms with Crippen LogP contribution in [0.4, 0.5) is 10.5 Å². The molecule has 7 nitrogen and oxygen atoms in total. The van der Waals surface area contributed by atoms with Gasteiger partial charge in [-0.1, -0.05) is 6.08 Å². The van der Waals surface area contributed by atoms with E-state index in [1.165, 1.54) is 38.2 Å². The van der Waals surface area contributed by atoms with Crippen LogP contribution in [0.15, 0.2) is 24.8 Å². The highest BCUT2D eigenvalue weighted by Gasteiger charge is 2.21. The molecule has 7 heteroatoms. The van der Waals surface area contributed by atoms with Crippen molar-refractivity contribution in [3.63, 3.8) is 0 Å². The van der Waals surface area contributed by atoms with Gasteiger partial charge in [-0.05, 0) is 12.5 Å². The largest absolute Gasteiger partial charge is 0.493 e. The number of rotatable bonds is 5. The van der Waals surface area contributed by atoms with Gasteiger partial charge in [-0.25, -0.2) is 4.79 Å². The van der Waals surface area contributed by atoms with E-state index in [0.29, 0.717) is 12.0 Å². The fraction of sp³-hybridized carbons (Fsp3) is 0.308. The van der Waals surface area contributed by atoms with Crippen molar-refractivity contribution in [3.8, 4) is 11.5 Å². The lowest BCUT2D eigenvalue weighted by molar-refractivity contribution is -0.385. The Morgan fingerprint density at radius 1 is 1.45 bits per heavy atom. The number of nitro groups is 1. The summed E-state index contributed by atoms with van der Waals surface area (Å²) in [5, 5.41) is 11.0. The van der Waals surface area contributed by atoms with Gasteiger partial charge in [0.15, 0.2) is 11.5 Å². The van der Waals surface area contributed by atoms with Gasteiger partial charge < -0.3 is 14.4 Å². The summed E-state index contributed by atoms with van der Waals surface area (Å²) < 4.78 is 10.1. The summed E-state index contributed by atoms with van der Waals surface area (Å²) in [7, 11) is 4.41. The van der Waals surface area contributed by atoms with Crippen molar-refractivity contribution < 1.29 is 19.2 Å². The van der Waals surface area contributed by atoms with E-state index in [4.69, 9.17) is 9.47 Å². The molecule has 108 valence electrons. The van der Waals surface area contributed by atoms with E-state index in [1.807, 2.05) is 0 Å². The molecule has 0 radical (unpaired) electrons. The van der Waals surface area contributed by atoms with Gasteiger partial charge in [0.1, 0.15) is 0 Å². The molecule has 1 aromatic rings. The number of amides is 1. The lowest BCUT2D eigenvalue weighted by Crippen LogP contribution is -2.25. The van der Waals surface area contributed by atoms with Crippen LogP contribution in [0, 0.1) is 10.1 Å². The highest BCUT2D eigenvalue weighted by atomic mass is 16.6. The first-order valence-corrected chi connectivity index (χ1v) is 5.76. The predicted molar refractivity (Wildman–Crippen MR) is 73.3 cm³/mol. The van der Waals surface area contributed by atoms with Crippen LogP contribution in [0.2, 0.25) is 0 Å². The molecule has 0 heterocycles. The summed E-state index contributed by atoms with van der Waals surface area (Å²) in [5.41, 5.74) is 0.291. The molecular weight excluding hydrogens is 264 g/mol. The second-order valence-corrected chi connectivity index (χ2v) is 4.14. The van der Waals surface area contributed by atoms with E-state index in [0.717, 1.165) is 0 Å². The van der Waals surface area contributed by atoms with E-state index >= 15 is 0 Å². The van der Waals surface area contributed by atoms with Gasteiger partial charge in [0.25, 0.3) is 5.69 Å². The van der Waals surface area contributed by atoms with Gasteiger partial charge >= 0.3 is 6.09 Å². The number of benzene rings is 1. The molecule has 0 N–H and O–H groups in total. The number of nitrogens with zero attached hydrogens (tertiary/aromatic N) is 2. The summed E-state index contributed by atoms with van der Waals surface area (Å²) in [5.74, 6) is 0.258. The molecule has 0 fully saturated rings. The molecule has 1 rings (SSSR count). The monoisotopic (exact) mass is 280 g/mol. The summed E-state index contributed by atoms with van der Waals surface area (Å²) in [6.07, 6.45) is 1.22. The molecule has 0 saturated heterocycles. The highest BCUT2D eigenvalue weighted by molar-refractivity contribution is 5.72. The first-order valence-electron chi connectivity index (χ1n) is 5.76. The first kappa shape index (κ1) is 15.5. The molecule has 1 amide bonds. The lowest BCUT2D eigenvalue weighted by Gasteiger charge is -2.14. The Kier molecular flexibility index (Phi) is 5.08. The third kappa shape index (κ3) is 3.47. The molecule has 0 bridgehead atoms. The van der Waals surface area contributed by atoms with Crippen LogP contribution in [0.25, 0.3) is 0 Å². The van der Waals surface area contributed by atoms with Crippen LogP contribution >= 0.6 is 0 Å². The number of hydrogen-bond acceptors (Lipinski definition) is 5. The number of hydrogen-bond donors (Lipinski definition) is 0. The standard InChI is InChI=1S/C13H16N2O5/c1-5-6-9-7-11(19-4)12(8-10(9)15(17)18)20-13(16)14(2)3/h5,7-8H,1,6H2,2-4H3. The molecule has 0 aliphatic rings. The Morgan fingerprint density at radius 3 is 2.55 bits per heavy atom. The topological polar surface area (TPSA) is 81.9 Å². The number of carbonyl (C=O) groups excluding carboxylic acids is 1. The quantitative estimate of drug-likeness (QED) is 0.470. The number of carbonyl (C=O) groups is 1. The zero-order valence-corrected chi connectivity index (χ0v) is 11.6. The van der Waals surface area contributed by atoms with E-state index in [2.05, 4.69) is 6.58 Å². The van der Waals surface area contributed by atoms with Crippen molar-refractivity contribution in [2.24, 2.45) is 0 Å². The van der Waals surface area contributed by atoms with E-state index < -0.39 is 11.0 Å². The Bertz CT molecular complexity index is 540. The maximum absolute atomic E-state index is 11.5. The fourth-order valence-corrected chi connectivity index (χ4v) is 1.50. The average Bonchev–Trinajstić information content (AvgIpc) is 2.39. The fourth-order valence-electron chi connectivity index (χ4n) is 1.50. The third-order valence-corrected chi connectivity index (χ3v) is 2.49. The van der Waals surface area contributed by atoms with Crippen molar-refractivity contribution in [1.29, 1.82) is 0 Å².